The number of nitrogens with zero attached hydrogens (tertiary/aromatic N) is 1. The van der Waals surface area contributed by atoms with Crippen molar-refractivity contribution in [1.29, 1.82) is 0 Å². The summed E-state index contributed by atoms with van der Waals surface area (Å²) in [5.41, 5.74) is 0. The Morgan fingerprint density at radius 1 is 1.40 bits per heavy atom. The van der Waals surface area contributed by atoms with Gasteiger partial charge in [0, 0.05) is 18.6 Å². The van der Waals surface area contributed by atoms with E-state index < -0.39 is 0 Å². The van der Waals surface area contributed by atoms with Crippen molar-refractivity contribution in [2.75, 3.05) is 20.1 Å². The fourth-order valence-corrected chi connectivity index (χ4v) is 2.63. The van der Waals surface area contributed by atoms with Crippen molar-refractivity contribution in [3.8, 4) is 0 Å². The largest absolute Gasteiger partial charge is 0.315 e. The molecule has 15 heavy (non-hydrogen) atoms. The first-order chi connectivity index (χ1) is 7.15. The number of nitrogens with one attached hydrogen (secondary N) is 1. The van der Waals surface area contributed by atoms with Crippen LogP contribution in [0.2, 0.25) is 0 Å². The lowest BCUT2D eigenvalue weighted by molar-refractivity contribution is 0.125. The van der Waals surface area contributed by atoms with Crippen molar-refractivity contribution in [3.05, 3.63) is 0 Å². The monoisotopic (exact) mass is 212 g/mol. The second kappa shape index (κ2) is 6.49. The van der Waals surface area contributed by atoms with Crippen LogP contribution in [0.4, 0.5) is 0 Å². The summed E-state index contributed by atoms with van der Waals surface area (Å²) in [5.74, 6) is 0.928. The van der Waals surface area contributed by atoms with E-state index in [1.807, 2.05) is 0 Å². The Bertz CT molecular complexity index is 170. The Kier molecular flexibility index (Phi) is 5.62. The molecule has 0 spiro atoms. The van der Waals surface area contributed by atoms with E-state index >= 15 is 0 Å². The van der Waals surface area contributed by atoms with E-state index in [0.717, 1.165) is 25.0 Å². The summed E-state index contributed by atoms with van der Waals surface area (Å²) < 4.78 is 0. The summed E-state index contributed by atoms with van der Waals surface area (Å²) in [6, 6.07) is 1.49. The highest BCUT2D eigenvalue weighted by molar-refractivity contribution is 4.80. The Balaban J connectivity index is 2.33. The smallest absolute Gasteiger partial charge is 0.0192 e. The molecule has 1 rings (SSSR count). The van der Waals surface area contributed by atoms with E-state index in [1.165, 1.54) is 25.7 Å². The molecule has 90 valence electrons. The topological polar surface area (TPSA) is 15.3 Å². The molecule has 0 aromatic carbocycles. The highest BCUT2D eigenvalue weighted by Crippen LogP contribution is 2.27. The first-order valence-corrected chi connectivity index (χ1v) is 6.57. The lowest BCUT2D eigenvalue weighted by Crippen LogP contribution is -2.45. The van der Waals surface area contributed by atoms with Gasteiger partial charge in [0.1, 0.15) is 0 Å². The Morgan fingerprint density at radius 2 is 2.13 bits per heavy atom. The van der Waals surface area contributed by atoms with Crippen molar-refractivity contribution in [2.45, 2.75) is 58.5 Å². The van der Waals surface area contributed by atoms with Crippen LogP contribution in [0.15, 0.2) is 0 Å². The molecule has 0 saturated heterocycles. The molecule has 0 aliphatic heterocycles. The van der Waals surface area contributed by atoms with E-state index in [1.54, 1.807) is 0 Å². The molecule has 3 atom stereocenters. The molecule has 3 unspecified atom stereocenters. The van der Waals surface area contributed by atoms with Crippen molar-refractivity contribution < 1.29 is 0 Å². The third-order valence-corrected chi connectivity index (χ3v) is 3.87. The van der Waals surface area contributed by atoms with Gasteiger partial charge in [0.25, 0.3) is 0 Å². The molecule has 2 nitrogen and oxygen atoms in total. The third-order valence-electron chi connectivity index (χ3n) is 3.87. The van der Waals surface area contributed by atoms with Gasteiger partial charge in [-0.2, -0.15) is 0 Å². The summed E-state index contributed by atoms with van der Waals surface area (Å²) >= 11 is 0. The van der Waals surface area contributed by atoms with E-state index in [4.69, 9.17) is 0 Å². The van der Waals surface area contributed by atoms with Crippen LogP contribution in [-0.4, -0.2) is 37.1 Å². The number of hydrogen-bond acceptors (Lipinski definition) is 2. The van der Waals surface area contributed by atoms with Crippen molar-refractivity contribution >= 4 is 0 Å². The predicted octanol–water partition coefficient (Wildman–Crippen LogP) is 2.49. The van der Waals surface area contributed by atoms with Crippen molar-refractivity contribution in [3.63, 3.8) is 0 Å². The summed E-state index contributed by atoms with van der Waals surface area (Å²) in [4.78, 5) is 2.58. The van der Waals surface area contributed by atoms with E-state index in [-0.39, 0.29) is 0 Å². The molecule has 0 aromatic heterocycles. The molecule has 0 amide bonds. The summed E-state index contributed by atoms with van der Waals surface area (Å²) in [5, 5.41) is 3.44. The minimum atomic E-state index is 0.667. The molecule has 1 N–H and O–H groups in total. The maximum Gasteiger partial charge on any atom is 0.0192 e. The maximum absolute atomic E-state index is 3.44. The van der Waals surface area contributed by atoms with Gasteiger partial charge in [-0.1, -0.05) is 26.7 Å². The third kappa shape index (κ3) is 4.12. The fraction of sp³-hybridized carbons (Fsp3) is 1.00. The average molecular weight is 212 g/mol. The molecule has 2 heteroatoms. The summed E-state index contributed by atoms with van der Waals surface area (Å²) in [7, 11) is 2.30. The molecular weight excluding hydrogens is 184 g/mol. The number of rotatable bonds is 5. The zero-order chi connectivity index (χ0) is 11.3. The van der Waals surface area contributed by atoms with Crippen LogP contribution in [0.1, 0.15) is 46.5 Å². The van der Waals surface area contributed by atoms with Gasteiger partial charge in [0.2, 0.25) is 0 Å². The highest BCUT2D eigenvalue weighted by Gasteiger charge is 2.24. The Morgan fingerprint density at radius 3 is 2.73 bits per heavy atom. The molecule has 0 radical (unpaired) electrons. The fourth-order valence-electron chi connectivity index (χ4n) is 2.63. The average Bonchev–Trinajstić information content (AvgIpc) is 2.24. The molecule has 1 aliphatic rings. The van der Waals surface area contributed by atoms with Gasteiger partial charge in [0.15, 0.2) is 0 Å². The van der Waals surface area contributed by atoms with Crippen LogP contribution >= 0.6 is 0 Å². The highest BCUT2D eigenvalue weighted by atomic mass is 15.2. The van der Waals surface area contributed by atoms with E-state index in [0.29, 0.717) is 6.04 Å². The van der Waals surface area contributed by atoms with Gasteiger partial charge in [-0.05, 0) is 39.3 Å². The SMILES string of the molecule is CCNCC(C)N(C)C1CCCC(C)C1. The van der Waals surface area contributed by atoms with E-state index in [9.17, 15) is 0 Å². The lowest BCUT2D eigenvalue weighted by atomic mass is 9.86. The molecule has 0 heterocycles. The molecule has 0 aromatic rings. The maximum atomic E-state index is 3.44. The molecule has 1 fully saturated rings. The molecule has 1 aliphatic carbocycles. The number of hydrogen-bond donors (Lipinski definition) is 1. The van der Waals surface area contributed by atoms with Crippen LogP contribution in [0.3, 0.4) is 0 Å². The van der Waals surface area contributed by atoms with Crippen LogP contribution in [0.25, 0.3) is 0 Å². The second-order valence-corrected chi connectivity index (χ2v) is 5.25. The van der Waals surface area contributed by atoms with Crippen LogP contribution < -0.4 is 5.32 Å². The zero-order valence-corrected chi connectivity index (χ0v) is 10.9. The van der Waals surface area contributed by atoms with Gasteiger partial charge in [-0.3, -0.25) is 4.90 Å². The Hall–Kier alpha value is -0.0800. The lowest BCUT2D eigenvalue weighted by Gasteiger charge is -2.37. The molecule has 1 saturated carbocycles. The zero-order valence-electron chi connectivity index (χ0n) is 10.9. The van der Waals surface area contributed by atoms with Crippen LogP contribution in [0, 0.1) is 5.92 Å². The van der Waals surface area contributed by atoms with Crippen molar-refractivity contribution in [2.24, 2.45) is 5.92 Å². The second-order valence-electron chi connectivity index (χ2n) is 5.25. The van der Waals surface area contributed by atoms with E-state index in [2.05, 4.69) is 38.0 Å². The van der Waals surface area contributed by atoms with Crippen LogP contribution in [-0.2, 0) is 0 Å². The first kappa shape index (κ1) is 13.0. The standard InChI is InChI=1S/C13H28N2/c1-5-14-10-12(3)15(4)13-8-6-7-11(2)9-13/h11-14H,5-10H2,1-4H3. The first-order valence-electron chi connectivity index (χ1n) is 6.57. The van der Waals surface area contributed by atoms with Gasteiger partial charge in [0.05, 0.1) is 0 Å². The molecular formula is C13H28N2. The van der Waals surface area contributed by atoms with Gasteiger partial charge in [-0.25, -0.2) is 0 Å². The van der Waals surface area contributed by atoms with Gasteiger partial charge >= 0.3 is 0 Å². The summed E-state index contributed by atoms with van der Waals surface area (Å²) in [6.07, 6.45) is 5.65. The van der Waals surface area contributed by atoms with Gasteiger partial charge < -0.3 is 5.32 Å². The predicted molar refractivity (Wildman–Crippen MR) is 67.2 cm³/mol. The Labute approximate surface area is 95.4 Å². The normalized spacial score (nSPS) is 29.4. The molecule has 0 bridgehead atoms. The minimum absolute atomic E-state index is 0.667. The quantitative estimate of drug-likeness (QED) is 0.753. The minimum Gasteiger partial charge on any atom is -0.315 e. The summed E-state index contributed by atoms with van der Waals surface area (Å²) in [6.45, 7) is 9.11. The van der Waals surface area contributed by atoms with Gasteiger partial charge in [-0.15, -0.1) is 0 Å². The number of likely N-dealkylation sites (N-methyl/N-ethyl adjacent to an activating group) is 2. The van der Waals surface area contributed by atoms with Crippen molar-refractivity contribution in [1.82, 2.24) is 10.2 Å². The van der Waals surface area contributed by atoms with Crippen LogP contribution in [0.5, 0.6) is 0 Å².